The van der Waals surface area contributed by atoms with Crippen LogP contribution in [0.15, 0.2) is 8.99 Å². The Morgan fingerprint density at radius 1 is 2.00 bits per heavy atom. The van der Waals surface area contributed by atoms with Gasteiger partial charge in [-0.1, -0.05) is 0 Å². The lowest BCUT2D eigenvalue weighted by atomic mass is 10.3. The first-order chi connectivity index (χ1) is 4.24. The minimum absolute atomic E-state index is 0.0121. The van der Waals surface area contributed by atoms with E-state index in [2.05, 4.69) is 22.6 Å². The van der Waals surface area contributed by atoms with Gasteiger partial charge in [0, 0.05) is 0 Å². The van der Waals surface area contributed by atoms with Gasteiger partial charge in [-0.15, -0.1) is 0 Å². The Kier molecular flexibility index (Phi) is 2.54. The second kappa shape index (κ2) is 3.03. The van der Waals surface area contributed by atoms with Gasteiger partial charge in [-0.3, -0.25) is 0 Å². The lowest BCUT2D eigenvalue weighted by Gasteiger charge is -2.09. The first-order valence-corrected chi connectivity index (χ1v) is 4.32. The van der Waals surface area contributed by atoms with Gasteiger partial charge in [0.1, 0.15) is 6.29 Å². The predicted octanol–water partition coefficient (Wildman–Crippen LogP) is 1.42. The second-order valence-corrected chi connectivity index (χ2v) is 4.83. The first-order valence-electron chi connectivity index (χ1n) is 2.47. The molecule has 9 heavy (non-hydrogen) atoms. The molecule has 0 saturated carbocycles. The number of carbonyl (C=O) groups is 1. The molecule has 1 atom stereocenters. The first kappa shape index (κ1) is 7.56. The van der Waals surface area contributed by atoms with Crippen molar-refractivity contribution in [1.29, 1.82) is 0 Å². The summed E-state index contributed by atoms with van der Waals surface area (Å²) in [4.78, 5) is 10.3. The molecule has 0 N–H and O–H groups in total. The molecule has 0 aromatic heterocycles. The summed E-state index contributed by atoms with van der Waals surface area (Å²) in [5.41, 5.74) is 0. The molecule has 4 heteroatoms. The van der Waals surface area contributed by atoms with Gasteiger partial charge in [-0.2, -0.15) is 0 Å². The molecule has 1 aliphatic rings. The van der Waals surface area contributed by atoms with Crippen LogP contribution in [0.25, 0.3) is 0 Å². The maximum Gasteiger partial charge on any atom is 0.141 e. The molecule has 0 spiro atoms. The third-order valence-electron chi connectivity index (χ3n) is 1.09. The number of carbonyl (C=O) groups excluding carboxylic acids is 1. The van der Waals surface area contributed by atoms with E-state index in [1.807, 2.05) is 17.4 Å². The zero-order valence-corrected chi connectivity index (χ0v) is 7.85. The zero-order valence-electron chi connectivity index (χ0n) is 4.87. The van der Waals surface area contributed by atoms with Crippen molar-refractivity contribution in [2.45, 2.75) is 6.04 Å². The van der Waals surface area contributed by atoms with Gasteiger partial charge >= 0.3 is 0 Å². The highest BCUT2D eigenvalue weighted by Crippen LogP contribution is 2.33. The van der Waals surface area contributed by atoms with Crippen molar-refractivity contribution in [2.75, 3.05) is 7.05 Å². The molecule has 0 amide bonds. The van der Waals surface area contributed by atoms with Gasteiger partial charge in [0.05, 0.1) is 8.95 Å². The molecule has 0 aromatic carbocycles. The smallest absolute Gasteiger partial charge is 0.141 e. The van der Waals surface area contributed by atoms with Crippen molar-refractivity contribution in [1.82, 2.24) is 4.31 Å². The Bertz CT molecular complexity index is 159. The third kappa shape index (κ3) is 1.68. The van der Waals surface area contributed by atoms with Gasteiger partial charge in [0.25, 0.3) is 0 Å². The van der Waals surface area contributed by atoms with Crippen LogP contribution in [0.5, 0.6) is 0 Å². The van der Waals surface area contributed by atoms with Gasteiger partial charge in [0.2, 0.25) is 0 Å². The lowest BCUT2D eigenvalue weighted by molar-refractivity contribution is -0.109. The number of nitrogens with zero attached hydrogens (tertiary/aromatic N) is 1. The highest BCUT2D eigenvalue weighted by Gasteiger charge is 2.19. The zero-order chi connectivity index (χ0) is 6.85. The SMILES string of the molecule is CN1SC(I)=CC1C=O. The maximum absolute atomic E-state index is 10.3. The van der Waals surface area contributed by atoms with E-state index in [-0.39, 0.29) is 6.04 Å². The Hall–Kier alpha value is 0.450. The van der Waals surface area contributed by atoms with Crippen molar-refractivity contribution in [3.05, 3.63) is 8.99 Å². The molecule has 2 nitrogen and oxygen atoms in total. The number of rotatable bonds is 1. The van der Waals surface area contributed by atoms with E-state index >= 15 is 0 Å². The van der Waals surface area contributed by atoms with Gasteiger partial charge in [-0.25, -0.2) is 4.31 Å². The molecular weight excluding hydrogens is 249 g/mol. The molecule has 1 aliphatic heterocycles. The Morgan fingerprint density at radius 3 is 2.89 bits per heavy atom. The molecular formula is C5H6INOS. The van der Waals surface area contributed by atoms with E-state index in [4.69, 9.17) is 0 Å². The monoisotopic (exact) mass is 255 g/mol. The molecule has 50 valence electrons. The van der Waals surface area contributed by atoms with E-state index in [1.54, 1.807) is 11.9 Å². The summed E-state index contributed by atoms with van der Waals surface area (Å²) in [6.07, 6.45) is 2.89. The third-order valence-corrected chi connectivity index (χ3v) is 2.88. The van der Waals surface area contributed by atoms with Crippen LogP contribution in [-0.4, -0.2) is 23.7 Å². The Morgan fingerprint density at radius 2 is 2.67 bits per heavy atom. The molecule has 0 saturated heterocycles. The largest absolute Gasteiger partial charge is 0.301 e. The molecule has 0 radical (unpaired) electrons. The molecule has 0 bridgehead atoms. The molecule has 0 aliphatic carbocycles. The fourth-order valence-electron chi connectivity index (χ4n) is 0.593. The summed E-state index contributed by atoms with van der Waals surface area (Å²) in [6.45, 7) is 0. The van der Waals surface area contributed by atoms with E-state index in [0.29, 0.717) is 0 Å². The van der Waals surface area contributed by atoms with E-state index in [1.165, 1.54) is 2.91 Å². The average Bonchev–Trinajstić information content (AvgIpc) is 2.10. The van der Waals surface area contributed by atoms with E-state index in [0.717, 1.165) is 6.29 Å². The minimum Gasteiger partial charge on any atom is -0.301 e. The van der Waals surface area contributed by atoms with Gasteiger partial charge in [-0.05, 0) is 47.7 Å². The second-order valence-electron chi connectivity index (χ2n) is 1.73. The van der Waals surface area contributed by atoms with Crippen LogP contribution in [0.4, 0.5) is 0 Å². The van der Waals surface area contributed by atoms with Crippen LogP contribution in [0.3, 0.4) is 0 Å². The number of hydrogen-bond donors (Lipinski definition) is 0. The highest BCUT2D eigenvalue weighted by molar-refractivity contribution is 14.1. The minimum atomic E-state index is -0.0121. The van der Waals surface area contributed by atoms with Crippen LogP contribution in [-0.2, 0) is 4.79 Å². The Labute approximate surface area is 71.9 Å². The van der Waals surface area contributed by atoms with Crippen molar-refractivity contribution in [3.8, 4) is 0 Å². The van der Waals surface area contributed by atoms with Crippen molar-refractivity contribution in [3.63, 3.8) is 0 Å². The standard InChI is InChI=1S/C5H6INOS/c1-7-4(3-8)2-5(6)9-7/h2-4H,1H3. The molecule has 0 aromatic rings. The summed E-state index contributed by atoms with van der Waals surface area (Å²) in [5.74, 6) is 0. The summed E-state index contributed by atoms with van der Waals surface area (Å²) in [5, 5.41) is 0. The van der Waals surface area contributed by atoms with E-state index in [9.17, 15) is 4.79 Å². The highest BCUT2D eigenvalue weighted by atomic mass is 127. The van der Waals surface area contributed by atoms with Gasteiger partial charge in [0.15, 0.2) is 0 Å². The Balaban J connectivity index is 2.63. The van der Waals surface area contributed by atoms with Gasteiger partial charge < -0.3 is 4.79 Å². The topological polar surface area (TPSA) is 20.3 Å². The van der Waals surface area contributed by atoms with Crippen molar-refractivity contribution < 1.29 is 4.79 Å². The molecule has 1 rings (SSSR count). The van der Waals surface area contributed by atoms with Crippen LogP contribution >= 0.6 is 34.5 Å². The summed E-state index contributed by atoms with van der Waals surface area (Å²) in [7, 11) is 1.91. The molecule has 1 unspecified atom stereocenters. The predicted molar refractivity (Wildman–Crippen MR) is 47.3 cm³/mol. The summed E-state index contributed by atoms with van der Waals surface area (Å²) in [6, 6.07) is -0.0121. The normalized spacial score (nSPS) is 28.2. The van der Waals surface area contributed by atoms with E-state index < -0.39 is 0 Å². The van der Waals surface area contributed by atoms with Crippen LogP contribution in [0.2, 0.25) is 0 Å². The van der Waals surface area contributed by atoms with Crippen molar-refractivity contribution in [2.24, 2.45) is 0 Å². The number of aldehydes is 1. The summed E-state index contributed by atoms with van der Waals surface area (Å²) < 4.78 is 3.10. The molecule has 1 heterocycles. The molecule has 0 fully saturated rings. The fourth-order valence-corrected chi connectivity index (χ4v) is 2.60. The lowest BCUT2D eigenvalue weighted by Crippen LogP contribution is -2.20. The fraction of sp³-hybridized carbons (Fsp3) is 0.400. The quantitative estimate of drug-likeness (QED) is 0.401. The van der Waals surface area contributed by atoms with Crippen LogP contribution in [0, 0.1) is 0 Å². The maximum atomic E-state index is 10.3. The van der Waals surface area contributed by atoms with Crippen LogP contribution < -0.4 is 0 Å². The van der Waals surface area contributed by atoms with Crippen molar-refractivity contribution >= 4 is 40.8 Å². The number of likely N-dealkylation sites (N-methyl/N-ethyl adjacent to an activating group) is 1. The average molecular weight is 255 g/mol. The van der Waals surface area contributed by atoms with Crippen LogP contribution in [0.1, 0.15) is 0 Å². The summed E-state index contributed by atoms with van der Waals surface area (Å²) >= 11 is 3.81. The number of hydrogen-bond acceptors (Lipinski definition) is 3. The number of halogens is 1.